The maximum atomic E-state index is 13.0. The summed E-state index contributed by atoms with van der Waals surface area (Å²) in [5.41, 5.74) is 2.62. The van der Waals surface area contributed by atoms with Crippen LogP contribution in [0.25, 0.3) is 27.9 Å². The molecular formula is C19H19ClIN5O4S. The Kier molecular flexibility index (Phi) is 6.01. The standard InChI is InChI=1S/C19H19ClIN5O4S/c1-3-7-25-17-14(21)15(23-16(17)18-24-22-10-26(18)19(25)27)12-9-11(31(20,28)29)5-6-13(12)30-8-4-2/h5-6,9-10,23H,3-4,7-8H2,1-2H3. The summed E-state index contributed by atoms with van der Waals surface area (Å²) >= 11 is 2.15. The average molecular weight is 576 g/mol. The van der Waals surface area contributed by atoms with E-state index in [1.54, 1.807) is 10.6 Å². The van der Waals surface area contributed by atoms with E-state index in [0.29, 0.717) is 46.8 Å². The fourth-order valence-electron chi connectivity index (χ4n) is 3.46. The van der Waals surface area contributed by atoms with Crippen molar-refractivity contribution in [3.63, 3.8) is 0 Å². The van der Waals surface area contributed by atoms with Crippen molar-refractivity contribution in [2.24, 2.45) is 0 Å². The quantitative estimate of drug-likeness (QED) is 0.265. The number of nitrogens with one attached hydrogen (secondary N) is 1. The first-order valence-electron chi connectivity index (χ1n) is 9.63. The second-order valence-corrected chi connectivity index (χ2v) is 10.6. The van der Waals surface area contributed by atoms with Crippen molar-refractivity contribution in [2.45, 2.75) is 38.1 Å². The summed E-state index contributed by atoms with van der Waals surface area (Å²) in [4.78, 5) is 16.3. The van der Waals surface area contributed by atoms with E-state index in [9.17, 15) is 13.2 Å². The highest BCUT2D eigenvalue weighted by Crippen LogP contribution is 2.38. The zero-order valence-electron chi connectivity index (χ0n) is 16.7. The fraction of sp³-hybridized carbons (Fsp3) is 0.316. The molecule has 0 radical (unpaired) electrons. The van der Waals surface area contributed by atoms with Crippen LogP contribution in [0.2, 0.25) is 0 Å². The Balaban J connectivity index is 2.08. The number of ether oxygens (including phenoxy) is 1. The van der Waals surface area contributed by atoms with Crippen LogP contribution in [0.5, 0.6) is 5.75 Å². The van der Waals surface area contributed by atoms with Gasteiger partial charge in [-0.05, 0) is 53.6 Å². The molecule has 0 saturated carbocycles. The largest absolute Gasteiger partial charge is 0.493 e. The molecule has 0 aliphatic heterocycles. The summed E-state index contributed by atoms with van der Waals surface area (Å²) in [7, 11) is 1.65. The first-order valence-corrected chi connectivity index (χ1v) is 13.0. The number of aromatic amines is 1. The molecule has 0 amide bonds. The minimum atomic E-state index is -3.94. The summed E-state index contributed by atoms with van der Waals surface area (Å²) in [6, 6.07) is 4.48. The SMILES string of the molecule is CCCOc1ccc(S(=O)(=O)Cl)cc1-c1[nH]c2c(c1I)n(CCC)c(=O)n1cnnc21. The van der Waals surface area contributed by atoms with Gasteiger partial charge in [0.05, 0.1) is 26.3 Å². The Morgan fingerprint density at radius 3 is 2.71 bits per heavy atom. The fourth-order valence-corrected chi connectivity index (χ4v) is 5.23. The van der Waals surface area contributed by atoms with E-state index >= 15 is 0 Å². The van der Waals surface area contributed by atoms with Crippen LogP contribution in [0, 0.1) is 3.57 Å². The topological polar surface area (TPSA) is 111 Å². The summed E-state index contributed by atoms with van der Waals surface area (Å²) in [5, 5.41) is 7.99. The van der Waals surface area contributed by atoms with Crippen molar-refractivity contribution in [1.82, 2.24) is 24.1 Å². The lowest BCUT2D eigenvalue weighted by Crippen LogP contribution is -2.26. The number of aromatic nitrogens is 5. The molecule has 4 aromatic rings. The molecule has 0 aliphatic rings. The zero-order valence-corrected chi connectivity index (χ0v) is 20.5. The predicted octanol–water partition coefficient (Wildman–Crippen LogP) is 3.77. The first-order chi connectivity index (χ1) is 14.8. The Bertz CT molecular complexity index is 1460. The lowest BCUT2D eigenvalue weighted by Gasteiger charge is -2.12. The second kappa shape index (κ2) is 8.43. The molecule has 1 aromatic carbocycles. The third-order valence-electron chi connectivity index (χ3n) is 4.80. The lowest BCUT2D eigenvalue weighted by molar-refractivity contribution is 0.318. The van der Waals surface area contributed by atoms with Crippen LogP contribution in [0.1, 0.15) is 26.7 Å². The number of halogens is 2. The molecule has 1 N–H and O–H groups in total. The summed E-state index contributed by atoms with van der Waals surface area (Å²) in [5.74, 6) is 0.511. The first kappa shape index (κ1) is 22.1. The van der Waals surface area contributed by atoms with Crippen molar-refractivity contribution in [3.8, 4) is 17.0 Å². The summed E-state index contributed by atoms with van der Waals surface area (Å²) in [6.45, 7) is 4.94. The number of aryl methyl sites for hydroxylation is 1. The molecule has 0 spiro atoms. The number of benzene rings is 1. The maximum Gasteiger partial charge on any atom is 0.335 e. The van der Waals surface area contributed by atoms with Crippen molar-refractivity contribution in [2.75, 3.05) is 6.61 Å². The highest BCUT2D eigenvalue weighted by Gasteiger charge is 2.23. The van der Waals surface area contributed by atoms with E-state index in [-0.39, 0.29) is 10.6 Å². The van der Waals surface area contributed by atoms with Gasteiger partial charge in [0, 0.05) is 22.8 Å². The van der Waals surface area contributed by atoms with Crippen LogP contribution in [0.15, 0.2) is 34.2 Å². The molecule has 12 heteroatoms. The van der Waals surface area contributed by atoms with Gasteiger partial charge in [-0.2, -0.15) is 0 Å². The molecule has 0 fully saturated rings. The van der Waals surface area contributed by atoms with Gasteiger partial charge in [-0.25, -0.2) is 17.6 Å². The zero-order chi connectivity index (χ0) is 22.3. The number of hydrogen-bond acceptors (Lipinski definition) is 6. The van der Waals surface area contributed by atoms with Gasteiger partial charge in [0.15, 0.2) is 5.65 Å². The van der Waals surface area contributed by atoms with Crippen LogP contribution in [0.4, 0.5) is 0 Å². The number of nitrogens with zero attached hydrogens (tertiary/aromatic N) is 4. The van der Waals surface area contributed by atoms with Gasteiger partial charge in [-0.15, -0.1) is 10.2 Å². The summed E-state index contributed by atoms with van der Waals surface area (Å²) < 4.78 is 33.6. The van der Waals surface area contributed by atoms with Crippen LogP contribution < -0.4 is 10.4 Å². The Labute approximate surface area is 195 Å². The smallest absolute Gasteiger partial charge is 0.335 e. The van der Waals surface area contributed by atoms with E-state index in [2.05, 4.69) is 37.8 Å². The lowest BCUT2D eigenvalue weighted by atomic mass is 10.1. The molecule has 0 saturated heterocycles. The molecule has 0 bridgehead atoms. The Morgan fingerprint density at radius 2 is 2.03 bits per heavy atom. The molecule has 31 heavy (non-hydrogen) atoms. The number of hydrogen-bond donors (Lipinski definition) is 1. The second-order valence-electron chi connectivity index (χ2n) is 6.94. The normalized spacial score (nSPS) is 12.1. The van der Waals surface area contributed by atoms with E-state index in [1.165, 1.54) is 22.9 Å². The van der Waals surface area contributed by atoms with Gasteiger partial charge in [0.1, 0.15) is 17.6 Å². The van der Waals surface area contributed by atoms with Gasteiger partial charge in [-0.3, -0.25) is 4.57 Å². The average Bonchev–Trinajstić information content (AvgIpc) is 3.34. The minimum Gasteiger partial charge on any atom is -0.493 e. The van der Waals surface area contributed by atoms with E-state index in [1.807, 2.05) is 13.8 Å². The van der Waals surface area contributed by atoms with E-state index < -0.39 is 9.05 Å². The van der Waals surface area contributed by atoms with Crippen molar-refractivity contribution in [1.29, 1.82) is 0 Å². The molecule has 0 unspecified atom stereocenters. The van der Waals surface area contributed by atoms with Crippen molar-refractivity contribution >= 4 is 59.0 Å². The van der Waals surface area contributed by atoms with E-state index in [0.717, 1.165) is 16.4 Å². The van der Waals surface area contributed by atoms with E-state index in [4.69, 9.17) is 15.4 Å². The van der Waals surface area contributed by atoms with Crippen LogP contribution in [0.3, 0.4) is 0 Å². The molecule has 164 valence electrons. The third-order valence-corrected chi connectivity index (χ3v) is 7.21. The highest BCUT2D eigenvalue weighted by molar-refractivity contribution is 14.1. The van der Waals surface area contributed by atoms with Gasteiger partial charge >= 0.3 is 5.69 Å². The third kappa shape index (κ3) is 3.82. The monoisotopic (exact) mass is 575 g/mol. The molecule has 3 heterocycles. The maximum absolute atomic E-state index is 13.0. The van der Waals surface area contributed by atoms with Gasteiger partial charge < -0.3 is 9.72 Å². The minimum absolute atomic E-state index is 0.0407. The predicted molar refractivity (Wildman–Crippen MR) is 126 cm³/mol. The molecule has 0 aliphatic carbocycles. The van der Waals surface area contributed by atoms with Gasteiger partial charge in [0.25, 0.3) is 9.05 Å². The highest BCUT2D eigenvalue weighted by atomic mass is 127. The Hall–Kier alpha value is -2.12. The van der Waals surface area contributed by atoms with Crippen molar-refractivity contribution < 1.29 is 13.2 Å². The van der Waals surface area contributed by atoms with Gasteiger partial charge in [0.2, 0.25) is 0 Å². The number of rotatable bonds is 7. The van der Waals surface area contributed by atoms with Crippen LogP contribution in [-0.2, 0) is 15.6 Å². The molecule has 4 rings (SSSR count). The molecule has 3 aromatic heterocycles. The molecular weight excluding hydrogens is 557 g/mol. The van der Waals surface area contributed by atoms with Crippen LogP contribution >= 0.6 is 33.3 Å². The van der Waals surface area contributed by atoms with Gasteiger partial charge in [-0.1, -0.05) is 13.8 Å². The van der Waals surface area contributed by atoms with Crippen LogP contribution in [-0.4, -0.2) is 39.2 Å². The van der Waals surface area contributed by atoms with Crippen molar-refractivity contribution in [3.05, 3.63) is 38.6 Å². The molecule has 0 atom stereocenters. The number of fused-ring (bicyclic) bond motifs is 3. The molecule has 9 nitrogen and oxygen atoms in total. The summed E-state index contributed by atoms with van der Waals surface area (Å²) in [6.07, 6.45) is 2.92. The number of H-pyrrole nitrogens is 1. The Morgan fingerprint density at radius 1 is 1.26 bits per heavy atom.